The van der Waals surface area contributed by atoms with Gasteiger partial charge in [-0.05, 0) is 28.6 Å². The van der Waals surface area contributed by atoms with Crippen LogP contribution in [0.2, 0.25) is 5.02 Å². The van der Waals surface area contributed by atoms with Crippen molar-refractivity contribution in [3.8, 4) is 11.5 Å². The lowest BCUT2D eigenvalue weighted by molar-refractivity contribution is 0.281. The zero-order valence-corrected chi connectivity index (χ0v) is 16.2. The van der Waals surface area contributed by atoms with Gasteiger partial charge in [0.2, 0.25) is 0 Å². The number of rotatable bonds is 7. The van der Waals surface area contributed by atoms with Gasteiger partial charge in [-0.1, -0.05) is 50.8 Å². The summed E-state index contributed by atoms with van der Waals surface area (Å²) in [4.78, 5) is 1.28. The number of hydrogen-bond acceptors (Lipinski definition) is 7. The Morgan fingerprint density at radius 1 is 1.27 bits per heavy atom. The number of hydrogen-bond donors (Lipinski definition) is 2. The zero-order valence-electron chi connectivity index (χ0n) is 13.8. The molecule has 26 heavy (non-hydrogen) atoms. The SMILES string of the molecule is COc1ccc(Br)c(CNn2nnnc2N)c1OCc1ccccc1Cl. The van der Waals surface area contributed by atoms with E-state index in [-0.39, 0.29) is 5.95 Å². The van der Waals surface area contributed by atoms with Gasteiger partial charge in [0.15, 0.2) is 11.5 Å². The predicted molar refractivity (Wildman–Crippen MR) is 102 cm³/mol. The number of halogens is 2. The summed E-state index contributed by atoms with van der Waals surface area (Å²) < 4.78 is 12.3. The lowest BCUT2D eigenvalue weighted by Gasteiger charge is -2.17. The molecule has 1 aromatic heterocycles. The Bertz CT molecular complexity index is 904. The fourth-order valence-electron chi connectivity index (χ4n) is 2.29. The molecule has 3 N–H and O–H groups in total. The molecule has 0 aliphatic carbocycles. The van der Waals surface area contributed by atoms with Gasteiger partial charge in [0, 0.05) is 20.6 Å². The number of methoxy groups -OCH3 is 1. The summed E-state index contributed by atoms with van der Waals surface area (Å²) in [6.07, 6.45) is 0. The molecule has 0 spiro atoms. The van der Waals surface area contributed by atoms with Gasteiger partial charge in [-0.3, -0.25) is 0 Å². The van der Waals surface area contributed by atoms with Gasteiger partial charge in [-0.15, -0.1) is 4.79 Å². The highest BCUT2D eigenvalue weighted by atomic mass is 79.9. The van der Waals surface area contributed by atoms with Crippen LogP contribution < -0.4 is 20.6 Å². The molecule has 0 saturated heterocycles. The number of nitrogens with zero attached hydrogens (tertiary/aromatic N) is 4. The van der Waals surface area contributed by atoms with E-state index in [1.54, 1.807) is 7.11 Å². The summed E-state index contributed by atoms with van der Waals surface area (Å²) >= 11 is 9.75. The average molecular weight is 440 g/mol. The Labute approximate surface area is 163 Å². The summed E-state index contributed by atoms with van der Waals surface area (Å²) in [5.74, 6) is 1.34. The average Bonchev–Trinajstić information content (AvgIpc) is 3.05. The van der Waals surface area contributed by atoms with E-state index >= 15 is 0 Å². The van der Waals surface area contributed by atoms with E-state index in [0.29, 0.717) is 29.7 Å². The molecule has 3 rings (SSSR count). The molecule has 0 unspecified atom stereocenters. The van der Waals surface area contributed by atoms with Gasteiger partial charge < -0.3 is 20.6 Å². The van der Waals surface area contributed by atoms with Crippen LogP contribution in [0.15, 0.2) is 40.9 Å². The van der Waals surface area contributed by atoms with Crippen molar-refractivity contribution < 1.29 is 9.47 Å². The first-order valence-electron chi connectivity index (χ1n) is 7.59. The van der Waals surface area contributed by atoms with E-state index in [2.05, 4.69) is 36.9 Å². The first-order chi connectivity index (χ1) is 12.6. The van der Waals surface area contributed by atoms with Crippen LogP contribution in [0.1, 0.15) is 11.1 Å². The summed E-state index contributed by atoms with van der Waals surface area (Å²) in [5, 5.41) is 11.5. The second-order valence-electron chi connectivity index (χ2n) is 5.22. The number of tetrazole rings is 1. The van der Waals surface area contributed by atoms with E-state index in [1.165, 1.54) is 4.79 Å². The van der Waals surface area contributed by atoms with E-state index in [1.807, 2.05) is 36.4 Å². The normalized spacial score (nSPS) is 10.6. The van der Waals surface area contributed by atoms with E-state index in [9.17, 15) is 0 Å². The molecular weight excluding hydrogens is 424 g/mol. The Morgan fingerprint density at radius 3 is 2.77 bits per heavy atom. The molecule has 0 bridgehead atoms. The van der Waals surface area contributed by atoms with Gasteiger partial charge >= 0.3 is 0 Å². The molecule has 136 valence electrons. The third kappa shape index (κ3) is 4.00. The lowest BCUT2D eigenvalue weighted by Crippen LogP contribution is -2.19. The van der Waals surface area contributed by atoms with Crippen LogP contribution in [0.3, 0.4) is 0 Å². The number of nitrogens with one attached hydrogen (secondary N) is 1. The van der Waals surface area contributed by atoms with Crippen molar-refractivity contribution in [2.24, 2.45) is 0 Å². The smallest absolute Gasteiger partial charge is 0.260 e. The molecule has 1 heterocycles. The van der Waals surface area contributed by atoms with Crippen LogP contribution in [0, 0.1) is 0 Å². The van der Waals surface area contributed by atoms with Crippen molar-refractivity contribution >= 4 is 33.5 Å². The van der Waals surface area contributed by atoms with Gasteiger partial charge in [0.25, 0.3) is 5.95 Å². The van der Waals surface area contributed by atoms with E-state index in [0.717, 1.165) is 15.6 Å². The monoisotopic (exact) mass is 438 g/mol. The number of ether oxygens (including phenoxy) is 2. The van der Waals surface area contributed by atoms with E-state index < -0.39 is 0 Å². The van der Waals surface area contributed by atoms with Crippen LogP contribution in [0.5, 0.6) is 11.5 Å². The Hall–Kier alpha value is -2.52. The summed E-state index contributed by atoms with van der Waals surface area (Å²) in [6.45, 7) is 0.650. The molecule has 0 saturated carbocycles. The molecule has 0 fully saturated rings. The molecule has 2 aromatic carbocycles. The molecule has 10 heteroatoms. The number of aromatic nitrogens is 4. The number of anilines is 1. The zero-order chi connectivity index (χ0) is 18.5. The van der Waals surface area contributed by atoms with Crippen LogP contribution in [-0.4, -0.2) is 27.4 Å². The van der Waals surface area contributed by atoms with Crippen molar-refractivity contribution in [3.63, 3.8) is 0 Å². The topological polar surface area (TPSA) is 100 Å². The van der Waals surface area contributed by atoms with Crippen molar-refractivity contribution in [3.05, 3.63) is 57.0 Å². The molecule has 0 amide bonds. The third-order valence-corrected chi connectivity index (χ3v) is 4.73. The van der Waals surface area contributed by atoms with E-state index in [4.69, 9.17) is 26.8 Å². The fraction of sp³-hybridized carbons (Fsp3) is 0.188. The first kappa shape index (κ1) is 18.3. The maximum absolute atomic E-state index is 6.21. The first-order valence-corrected chi connectivity index (χ1v) is 8.76. The summed E-state index contributed by atoms with van der Waals surface area (Å²) in [7, 11) is 1.59. The Balaban J connectivity index is 1.85. The quantitative estimate of drug-likeness (QED) is 0.583. The number of benzene rings is 2. The standard InChI is InChI=1S/C16H16BrClN6O2/c1-25-14-7-6-12(17)11(8-20-24-16(19)21-22-23-24)15(14)26-9-10-4-2-3-5-13(10)18/h2-7,20H,8-9H2,1H3,(H2,19,21,23). The van der Waals surface area contributed by atoms with Crippen molar-refractivity contribution in [1.82, 2.24) is 20.3 Å². The second-order valence-corrected chi connectivity index (χ2v) is 6.48. The van der Waals surface area contributed by atoms with Crippen molar-refractivity contribution in [1.29, 1.82) is 0 Å². The van der Waals surface area contributed by atoms with Crippen LogP contribution in [-0.2, 0) is 13.2 Å². The molecular formula is C16H16BrClN6O2. The Morgan fingerprint density at radius 2 is 2.08 bits per heavy atom. The molecule has 0 radical (unpaired) electrons. The highest BCUT2D eigenvalue weighted by Gasteiger charge is 2.16. The molecule has 0 aliphatic rings. The second kappa shape index (κ2) is 8.24. The van der Waals surface area contributed by atoms with Gasteiger partial charge in [-0.2, -0.15) is 0 Å². The minimum Gasteiger partial charge on any atom is -0.493 e. The number of nitrogens with two attached hydrogens (primary N) is 1. The minimum atomic E-state index is 0.155. The lowest BCUT2D eigenvalue weighted by atomic mass is 10.2. The highest BCUT2D eigenvalue weighted by Crippen LogP contribution is 2.37. The number of nitrogen functional groups attached to an aromatic ring is 1. The van der Waals surface area contributed by atoms with Crippen LogP contribution >= 0.6 is 27.5 Å². The minimum absolute atomic E-state index is 0.155. The van der Waals surface area contributed by atoms with Crippen LogP contribution in [0.4, 0.5) is 5.95 Å². The Kier molecular flexibility index (Phi) is 5.79. The molecule has 0 atom stereocenters. The summed E-state index contributed by atoms with van der Waals surface area (Å²) in [5.41, 5.74) is 10.4. The maximum Gasteiger partial charge on any atom is 0.260 e. The van der Waals surface area contributed by atoms with Gasteiger partial charge in [0.1, 0.15) is 6.61 Å². The molecule has 3 aromatic rings. The fourth-order valence-corrected chi connectivity index (χ4v) is 2.93. The van der Waals surface area contributed by atoms with Crippen LogP contribution in [0.25, 0.3) is 0 Å². The third-order valence-electron chi connectivity index (χ3n) is 3.62. The highest BCUT2D eigenvalue weighted by molar-refractivity contribution is 9.10. The maximum atomic E-state index is 6.21. The van der Waals surface area contributed by atoms with Crippen molar-refractivity contribution in [2.45, 2.75) is 13.2 Å². The van der Waals surface area contributed by atoms with Crippen molar-refractivity contribution in [2.75, 3.05) is 18.3 Å². The molecule has 8 nitrogen and oxygen atoms in total. The largest absolute Gasteiger partial charge is 0.493 e. The summed E-state index contributed by atoms with van der Waals surface area (Å²) in [6, 6.07) is 11.2. The van der Waals surface area contributed by atoms with Gasteiger partial charge in [0.05, 0.1) is 13.7 Å². The van der Waals surface area contributed by atoms with Gasteiger partial charge in [-0.25, -0.2) is 0 Å². The molecule has 0 aliphatic heterocycles. The predicted octanol–water partition coefficient (Wildman–Crippen LogP) is 3.00.